The molecule has 0 saturated heterocycles. The third-order valence-electron chi connectivity index (χ3n) is 3.29. The number of rotatable bonds is 5. The van der Waals surface area contributed by atoms with Crippen molar-refractivity contribution >= 4 is 11.6 Å². The number of carbonyl (C=O) groups excluding carboxylic acids is 1. The van der Waals surface area contributed by atoms with Gasteiger partial charge in [0.15, 0.2) is 5.69 Å². The van der Waals surface area contributed by atoms with Crippen LogP contribution in [0.15, 0.2) is 35.4 Å². The van der Waals surface area contributed by atoms with Crippen molar-refractivity contribution in [2.75, 3.05) is 7.11 Å². The van der Waals surface area contributed by atoms with Crippen LogP contribution >= 0.6 is 0 Å². The van der Waals surface area contributed by atoms with Crippen LogP contribution in [0.2, 0.25) is 0 Å². The zero-order valence-electron chi connectivity index (χ0n) is 13.2. The van der Waals surface area contributed by atoms with Gasteiger partial charge in [-0.3, -0.25) is 9.89 Å². The Bertz CT molecular complexity index is 672. The van der Waals surface area contributed by atoms with E-state index in [4.69, 9.17) is 4.74 Å². The third kappa shape index (κ3) is 3.72. The minimum atomic E-state index is -0.337. The molecule has 0 aliphatic carbocycles. The molecule has 0 atom stereocenters. The number of hydrazone groups is 1. The summed E-state index contributed by atoms with van der Waals surface area (Å²) in [6, 6.07) is 9.19. The van der Waals surface area contributed by atoms with Gasteiger partial charge in [-0.15, -0.1) is 0 Å². The van der Waals surface area contributed by atoms with E-state index in [-0.39, 0.29) is 5.91 Å². The van der Waals surface area contributed by atoms with Crippen molar-refractivity contribution in [3.05, 3.63) is 47.3 Å². The smallest absolute Gasteiger partial charge is 0.291 e. The van der Waals surface area contributed by atoms with Crippen LogP contribution in [-0.2, 0) is 0 Å². The summed E-state index contributed by atoms with van der Waals surface area (Å²) in [4.78, 5) is 12.0. The molecule has 6 heteroatoms. The molecule has 0 fully saturated rings. The molecule has 2 rings (SSSR count). The van der Waals surface area contributed by atoms with Gasteiger partial charge in [0.05, 0.1) is 12.8 Å². The van der Waals surface area contributed by atoms with Crippen LogP contribution in [0.25, 0.3) is 0 Å². The van der Waals surface area contributed by atoms with Gasteiger partial charge in [-0.05, 0) is 48.7 Å². The van der Waals surface area contributed by atoms with E-state index in [0.717, 1.165) is 17.0 Å². The fourth-order valence-electron chi connectivity index (χ4n) is 1.84. The van der Waals surface area contributed by atoms with Crippen molar-refractivity contribution in [3.8, 4) is 5.75 Å². The summed E-state index contributed by atoms with van der Waals surface area (Å²) in [5.41, 5.74) is 5.37. The second-order valence-corrected chi connectivity index (χ2v) is 5.23. The quantitative estimate of drug-likeness (QED) is 0.658. The zero-order valence-corrected chi connectivity index (χ0v) is 13.2. The number of H-pyrrole nitrogens is 1. The lowest BCUT2D eigenvalue weighted by Crippen LogP contribution is -2.19. The van der Waals surface area contributed by atoms with Crippen LogP contribution in [0.5, 0.6) is 5.75 Å². The maximum atomic E-state index is 12.0. The minimum absolute atomic E-state index is 0.290. The number of amides is 1. The first-order chi connectivity index (χ1) is 10.5. The molecule has 1 aromatic heterocycles. The van der Waals surface area contributed by atoms with Crippen molar-refractivity contribution < 1.29 is 9.53 Å². The van der Waals surface area contributed by atoms with Gasteiger partial charge in [-0.1, -0.05) is 13.8 Å². The number of hydrogen-bond acceptors (Lipinski definition) is 4. The lowest BCUT2D eigenvalue weighted by molar-refractivity contribution is 0.0950. The summed E-state index contributed by atoms with van der Waals surface area (Å²) in [6.45, 7) is 5.88. The highest BCUT2D eigenvalue weighted by Gasteiger charge is 2.11. The van der Waals surface area contributed by atoms with Crippen molar-refractivity contribution in [1.82, 2.24) is 15.6 Å². The maximum absolute atomic E-state index is 12.0. The summed E-state index contributed by atoms with van der Waals surface area (Å²) in [5, 5.41) is 10.9. The molecule has 0 unspecified atom stereocenters. The van der Waals surface area contributed by atoms with E-state index in [2.05, 4.69) is 20.7 Å². The number of hydrogen-bond donors (Lipinski definition) is 2. The first-order valence-corrected chi connectivity index (χ1v) is 7.05. The molecule has 1 amide bonds. The Kier molecular flexibility index (Phi) is 4.93. The highest BCUT2D eigenvalue weighted by Crippen LogP contribution is 2.13. The van der Waals surface area contributed by atoms with Gasteiger partial charge in [0.1, 0.15) is 5.75 Å². The fourth-order valence-corrected chi connectivity index (χ4v) is 1.84. The second-order valence-electron chi connectivity index (χ2n) is 5.23. The third-order valence-corrected chi connectivity index (χ3v) is 3.29. The van der Waals surface area contributed by atoms with Crippen LogP contribution < -0.4 is 10.2 Å². The number of carbonyl (C=O) groups is 1. The Morgan fingerprint density at radius 1 is 1.32 bits per heavy atom. The summed E-state index contributed by atoms with van der Waals surface area (Å²) in [6.07, 6.45) is 0. The van der Waals surface area contributed by atoms with E-state index in [1.165, 1.54) is 0 Å². The molecule has 1 aromatic carbocycles. The molecule has 2 aromatic rings. The van der Waals surface area contributed by atoms with Gasteiger partial charge < -0.3 is 4.74 Å². The van der Waals surface area contributed by atoms with Crippen molar-refractivity contribution in [1.29, 1.82) is 0 Å². The van der Waals surface area contributed by atoms with E-state index in [9.17, 15) is 4.79 Å². The molecule has 0 aliphatic heterocycles. The lowest BCUT2D eigenvalue weighted by Gasteiger charge is -2.03. The molecule has 0 spiro atoms. The van der Waals surface area contributed by atoms with Crippen LogP contribution in [0.4, 0.5) is 0 Å². The molecule has 0 bridgehead atoms. The van der Waals surface area contributed by atoms with Gasteiger partial charge in [-0.2, -0.15) is 10.2 Å². The van der Waals surface area contributed by atoms with Crippen LogP contribution in [0, 0.1) is 0 Å². The second kappa shape index (κ2) is 6.89. The van der Waals surface area contributed by atoms with Gasteiger partial charge in [0.25, 0.3) is 5.91 Å². The zero-order chi connectivity index (χ0) is 16.1. The van der Waals surface area contributed by atoms with E-state index in [1.54, 1.807) is 13.2 Å². The Hall–Kier alpha value is -2.63. The Morgan fingerprint density at radius 3 is 2.55 bits per heavy atom. The molecule has 0 radical (unpaired) electrons. The van der Waals surface area contributed by atoms with Crippen molar-refractivity contribution in [2.24, 2.45) is 5.10 Å². The highest BCUT2D eigenvalue weighted by molar-refractivity contribution is 6.00. The number of benzene rings is 1. The Balaban J connectivity index is 2.03. The first kappa shape index (κ1) is 15.8. The van der Waals surface area contributed by atoms with Crippen LogP contribution in [-0.4, -0.2) is 28.9 Å². The number of aromatic nitrogens is 2. The van der Waals surface area contributed by atoms with Gasteiger partial charge in [0.2, 0.25) is 0 Å². The Morgan fingerprint density at radius 2 is 2.00 bits per heavy atom. The summed E-state index contributed by atoms with van der Waals surface area (Å²) in [7, 11) is 1.62. The van der Waals surface area contributed by atoms with E-state index in [1.807, 2.05) is 45.0 Å². The molecular formula is C16H20N4O2. The average molecular weight is 300 g/mol. The highest BCUT2D eigenvalue weighted by atomic mass is 16.5. The molecule has 0 saturated carbocycles. The maximum Gasteiger partial charge on any atom is 0.291 e. The molecule has 116 valence electrons. The Labute approximate surface area is 129 Å². The van der Waals surface area contributed by atoms with E-state index >= 15 is 0 Å². The molecule has 6 nitrogen and oxygen atoms in total. The summed E-state index contributed by atoms with van der Waals surface area (Å²) in [5.74, 6) is 0.730. The average Bonchev–Trinajstić information content (AvgIpc) is 3.02. The van der Waals surface area contributed by atoms with E-state index in [0.29, 0.717) is 17.3 Å². The van der Waals surface area contributed by atoms with Gasteiger partial charge in [-0.25, -0.2) is 5.43 Å². The number of nitrogens with zero attached hydrogens (tertiary/aromatic N) is 2. The molecule has 2 N–H and O–H groups in total. The number of aromatic amines is 1. The summed E-state index contributed by atoms with van der Waals surface area (Å²) < 4.78 is 5.11. The fraction of sp³-hybridized carbons (Fsp3) is 0.312. The predicted octanol–water partition coefficient (Wildman–Crippen LogP) is 2.70. The van der Waals surface area contributed by atoms with Crippen LogP contribution in [0.3, 0.4) is 0 Å². The van der Waals surface area contributed by atoms with Crippen molar-refractivity contribution in [2.45, 2.75) is 26.7 Å². The number of methoxy groups -OCH3 is 1. The van der Waals surface area contributed by atoms with Gasteiger partial charge in [0, 0.05) is 5.69 Å². The lowest BCUT2D eigenvalue weighted by atomic mass is 10.1. The normalized spacial score (nSPS) is 11.6. The minimum Gasteiger partial charge on any atom is -0.497 e. The topological polar surface area (TPSA) is 79.4 Å². The van der Waals surface area contributed by atoms with Crippen molar-refractivity contribution in [3.63, 3.8) is 0 Å². The number of nitrogens with one attached hydrogen (secondary N) is 2. The first-order valence-electron chi connectivity index (χ1n) is 7.05. The van der Waals surface area contributed by atoms with Gasteiger partial charge >= 0.3 is 0 Å². The van der Waals surface area contributed by atoms with Crippen LogP contribution in [0.1, 0.15) is 48.4 Å². The number of ether oxygens (including phenoxy) is 1. The standard InChI is InChI=1S/C16H20N4O2/c1-10(2)14-9-15(19-18-14)16(21)20-17-11(3)12-5-7-13(22-4)8-6-12/h5-10H,1-4H3,(H,18,19)(H,20,21)/b17-11+. The molecule has 1 heterocycles. The largest absolute Gasteiger partial charge is 0.497 e. The monoisotopic (exact) mass is 300 g/mol. The predicted molar refractivity (Wildman–Crippen MR) is 85.3 cm³/mol. The molecular weight excluding hydrogens is 280 g/mol. The van der Waals surface area contributed by atoms with E-state index < -0.39 is 0 Å². The molecule has 0 aliphatic rings. The summed E-state index contributed by atoms with van der Waals surface area (Å²) >= 11 is 0. The SMILES string of the molecule is COc1ccc(/C(C)=N/NC(=O)c2cc(C(C)C)[nH]n2)cc1. The molecule has 22 heavy (non-hydrogen) atoms.